The molecule has 2 rings (SSSR count). The Morgan fingerprint density at radius 2 is 2.14 bits per heavy atom. The maximum Gasteiger partial charge on any atom is 0.416 e. The third-order valence-corrected chi connectivity index (χ3v) is 3.62. The molecule has 1 aliphatic heterocycles. The zero-order valence-electron chi connectivity index (χ0n) is 12.2. The second-order valence-electron chi connectivity index (χ2n) is 5.33. The van der Waals surface area contributed by atoms with Crippen molar-refractivity contribution in [2.45, 2.75) is 19.5 Å². The van der Waals surface area contributed by atoms with Gasteiger partial charge in [0.1, 0.15) is 5.75 Å². The first-order valence-corrected chi connectivity index (χ1v) is 7.09. The lowest BCUT2D eigenvalue weighted by atomic mass is 10.1. The van der Waals surface area contributed by atoms with Crippen LogP contribution in [0.25, 0.3) is 0 Å². The predicted octanol–water partition coefficient (Wildman–Crippen LogP) is 2.91. The van der Waals surface area contributed by atoms with Crippen molar-refractivity contribution in [3.63, 3.8) is 0 Å². The second kappa shape index (κ2) is 6.56. The van der Waals surface area contributed by atoms with Gasteiger partial charge < -0.3 is 14.7 Å². The van der Waals surface area contributed by atoms with Crippen LogP contribution in [0.4, 0.5) is 13.2 Å². The van der Waals surface area contributed by atoms with E-state index in [1.165, 1.54) is 4.90 Å². The summed E-state index contributed by atoms with van der Waals surface area (Å²) in [6.45, 7) is 3.94. The first kappa shape index (κ1) is 16.6. The van der Waals surface area contributed by atoms with Gasteiger partial charge in [-0.2, -0.15) is 13.2 Å². The maximum absolute atomic E-state index is 12.7. The van der Waals surface area contributed by atoms with Crippen LogP contribution in [0, 0.1) is 5.92 Å². The molecule has 0 radical (unpaired) electrons. The third-order valence-electron chi connectivity index (χ3n) is 3.62. The molecule has 1 aromatic carbocycles. The Balaban J connectivity index is 2.12. The number of hydrogen-bond acceptors (Lipinski definition) is 3. The van der Waals surface area contributed by atoms with Gasteiger partial charge in [-0.05, 0) is 31.5 Å². The Kier molecular flexibility index (Phi) is 4.95. The smallest absolute Gasteiger partial charge is 0.416 e. The molecule has 1 N–H and O–H groups in total. The van der Waals surface area contributed by atoms with Gasteiger partial charge in [0.15, 0.2) is 0 Å². The Hall–Kier alpha value is -1.76. The molecule has 0 aromatic heterocycles. The van der Waals surface area contributed by atoms with Crippen molar-refractivity contribution in [2.24, 2.45) is 5.92 Å². The molecule has 1 atom stereocenters. The molecule has 1 aromatic rings. The number of halogens is 3. The van der Waals surface area contributed by atoms with Crippen LogP contribution in [0.3, 0.4) is 0 Å². The van der Waals surface area contributed by atoms with E-state index in [1.54, 1.807) is 0 Å². The highest BCUT2D eigenvalue weighted by atomic mass is 19.4. The Labute approximate surface area is 126 Å². The van der Waals surface area contributed by atoms with Crippen molar-refractivity contribution >= 4 is 5.91 Å². The fourth-order valence-electron chi connectivity index (χ4n) is 2.52. The molecule has 7 heteroatoms. The van der Waals surface area contributed by atoms with E-state index in [-0.39, 0.29) is 11.5 Å². The minimum atomic E-state index is -4.60. The molecular formula is C15H18F3NO3. The SMILES string of the molecule is CCOCC1CCN(C(=O)c2cc(O)cc(C(F)(F)F)c2)C1. The fraction of sp³-hybridized carbons (Fsp3) is 0.533. The van der Waals surface area contributed by atoms with E-state index in [0.29, 0.717) is 32.4 Å². The van der Waals surface area contributed by atoms with E-state index in [0.717, 1.165) is 18.6 Å². The number of phenolic OH excluding ortho intramolecular Hbond substituents is 1. The van der Waals surface area contributed by atoms with Crippen LogP contribution < -0.4 is 0 Å². The first-order chi connectivity index (χ1) is 10.3. The molecule has 122 valence electrons. The number of rotatable bonds is 4. The number of carbonyl (C=O) groups is 1. The summed E-state index contributed by atoms with van der Waals surface area (Å²) in [5.74, 6) is -0.869. The summed E-state index contributed by atoms with van der Waals surface area (Å²) in [6.07, 6.45) is -3.84. The molecule has 1 unspecified atom stereocenters. The van der Waals surface area contributed by atoms with Gasteiger partial charge in [-0.15, -0.1) is 0 Å². The summed E-state index contributed by atoms with van der Waals surface area (Å²) >= 11 is 0. The second-order valence-corrected chi connectivity index (χ2v) is 5.33. The summed E-state index contributed by atoms with van der Waals surface area (Å²) in [5, 5.41) is 9.43. The van der Waals surface area contributed by atoms with Gasteiger partial charge in [0.25, 0.3) is 5.91 Å². The number of nitrogens with zero attached hydrogens (tertiary/aromatic N) is 1. The number of phenols is 1. The molecule has 0 aliphatic carbocycles. The first-order valence-electron chi connectivity index (χ1n) is 7.09. The van der Waals surface area contributed by atoms with Crippen LogP contribution in [0.1, 0.15) is 29.3 Å². The van der Waals surface area contributed by atoms with Crippen LogP contribution in [0.2, 0.25) is 0 Å². The lowest BCUT2D eigenvalue weighted by molar-refractivity contribution is -0.137. The topological polar surface area (TPSA) is 49.8 Å². The van der Waals surface area contributed by atoms with Gasteiger partial charge in [0.2, 0.25) is 0 Å². The van der Waals surface area contributed by atoms with E-state index < -0.39 is 23.4 Å². The number of alkyl halides is 3. The average Bonchev–Trinajstić information content (AvgIpc) is 2.91. The fourth-order valence-corrected chi connectivity index (χ4v) is 2.52. The van der Waals surface area contributed by atoms with E-state index in [4.69, 9.17) is 4.74 Å². The summed E-state index contributed by atoms with van der Waals surface area (Å²) in [4.78, 5) is 13.8. The third kappa shape index (κ3) is 3.91. The van der Waals surface area contributed by atoms with Crippen LogP contribution in [-0.2, 0) is 10.9 Å². The van der Waals surface area contributed by atoms with Crippen molar-refractivity contribution in [1.82, 2.24) is 4.90 Å². The van der Waals surface area contributed by atoms with E-state index in [1.807, 2.05) is 6.92 Å². The number of benzene rings is 1. The zero-order chi connectivity index (χ0) is 16.3. The van der Waals surface area contributed by atoms with Gasteiger partial charge in [-0.25, -0.2) is 0 Å². The average molecular weight is 317 g/mol. The molecule has 1 amide bonds. The van der Waals surface area contributed by atoms with Crippen LogP contribution in [0.15, 0.2) is 18.2 Å². The maximum atomic E-state index is 12.7. The molecule has 1 aliphatic rings. The van der Waals surface area contributed by atoms with Crippen molar-refractivity contribution in [3.8, 4) is 5.75 Å². The van der Waals surface area contributed by atoms with Gasteiger partial charge in [0, 0.05) is 31.2 Å². The molecule has 0 bridgehead atoms. The monoisotopic (exact) mass is 317 g/mol. The number of ether oxygens (including phenoxy) is 1. The summed E-state index contributed by atoms with van der Waals surface area (Å²) in [7, 11) is 0. The predicted molar refractivity (Wildman–Crippen MR) is 73.6 cm³/mol. The van der Waals surface area contributed by atoms with Gasteiger partial charge in [-0.1, -0.05) is 0 Å². The van der Waals surface area contributed by atoms with Gasteiger partial charge in [0.05, 0.1) is 12.2 Å². The van der Waals surface area contributed by atoms with Crippen LogP contribution in [0.5, 0.6) is 5.75 Å². The molecule has 1 fully saturated rings. The minimum absolute atomic E-state index is 0.149. The van der Waals surface area contributed by atoms with E-state index in [2.05, 4.69) is 0 Å². The normalized spacial score (nSPS) is 18.7. The molecule has 22 heavy (non-hydrogen) atoms. The van der Waals surface area contributed by atoms with Crippen molar-refractivity contribution in [3.05, 3.63) is 29.3 Å². The van der Waals surface area contributed by atoms with E-state index >= 15 is 0 Å². The van der Waals surface area contributed by atoms with Crippen LogP contribution in [-0.4, -0.2) is 42.2 Å². The highest BCUT2D eigenvalue weighted by Crippen LogP contribution is 2.33. The summed E-state index contributed by atoms with van der Waals surface area (Å²) < 4.78 is 43.5. The minimum Gasteiger partial charge on any atom is -0.508 e. The number of aromatic hydroxyl groups is 1. The molecule has 1 saturated heterocycles. The van der Waals surface area contributed by atoms with Crippen molar-refractivity contribution in [2.75, 3.05) is 26.3 Å². The molecule has 0 saturated carbocycles. The molecular weight excluding hydrogens is 299 g/mol. The number of amides is 1. The van der Waals surface area contributed by atoms with Crippen LogP contribution >= 0.6 is 0 Å². The quantitative estimate of drug-likeness (QED) is 0.929. The number of hydrogen-bond donors (Lipinski definition) is 1. The Morgan fingerprint density at radius 3 is 2.77 bits per heavy atom. The lowest BCUT2D eigenvalue weighted by Crippen LogP contribution is -2.29. The Morgan fingerprint density at radius 1 is 1.41 bits per heavy atom. The highest BCUT2D eigenvalue weighted by molar-refractivity contribution is 5.95. The van der Waals surface area contributed by atoms with Crippen molar-refractivity contribution in [1.29, 1.82) is 0 Å². The highest BCUT2D eigenvalue weighted by Gasteiger charge is 2.33. The van der Waals surface area contributed by atoms with Crippen molar-refractivity contribution < 1.29 is 27.8 Å². The Bertz CT molecular complexity index is 545. The molecule has 0 spiro atoms. The standard InChI is InChI=1S/C15H18F3NO3/c1-2-22-9-10-3-4-19(8-10)14(21)11-5-12(15(16,17)18)7-13(20)6-11/h5-7,10,20H,2-4,8-9H2,1H3. The molecule has 1 heterocycles. The van der Waals surface area contributed by atoms with Gasteiger partial charge >= 0.3 is 6.18 Å². The number of likely N-dealkylation sites (tertiary alicyclic amines) is 1. The van der Waals surface area contributed by atoms with E-state index in [9.17, 15) is 23.1 Å². The molecule has 4 nitrogen and oxygen atoms in total. The number of carbonyl (C=O) groups excluding carboxylic acids is 1. The lowest BCUT2D eigenvalue weighted by Gasteiger charge is -2.18. The summed E-state index contributed by atoms with van der Waals surface area (Å²) in [5.41, 5.74) is -1.18. The largest absolute Gasteiger partial charge is 0.508 e. The zero-order valence-corrected chi connectivity index (χ0v) is 12.2. The van der Waals surface area contributed by atoms with Gasteiger partial charge in [-0.3, -0.25) is 4.79 Å². The summed E-state index contributed by atoms with van der Waals surface area (Å²) in [6, 6.07) is 2.45.